The molecule has 0 unspecified atom stereocenters. The van der Waals surface area contributed by atoms with Crippen molar-refractivity contribution in [3.05, 3.63) is 17.9 Å². The molecule has 1 saturated carbocycles. The van der Waals surface area contributed by atoms with Gasteiger partial charge in [0.2, 0.25) is 0 Å². The van der Waals surface area contributed by atoms with Crippen molar-refractivity contribution in [1.82, 2.24) is 9.55 Å². The molecule has 0 amide bonds. The molecule has 2 rings (SSSR count). The van der Waals surface area contributed by atoms with E-state index in [1.165, 1.54) is 23.6 Å². The second kappa shape index (κ2) is 3.84. The fraction of sp³-hybridized carbons (Fsp3) is 0.500. The average molecular weight is 205 g/mol. The summed E-state index contributed by atoms with van der Waals surface area (Å²) in [5.41, 5.74) is 5.66. The van der Waals surface area contributed by atoms with E-state index in [2.05, 4.69) is 4.98 Å². The van der Waals surface area contributed by atoms with Crippen LogP contribution in [0.4, 0.5) is 5.82 Å². The summed E-state index contributed by atoms with van der Waals surface area (Å²) in [6.45, 7) is 0. The van der Waals surface area contributed by atoms with Crippen LogP contribution in [0, 0.1) is 16.7 Å². The molecule has 5 nitrogen and oxygen atoms in total. The van der Waals surface area contributed by atoms with Crippen molar-refractivity contribution >= 4 is 11.7 Å². The summed E-state index contributed by atoms with van der Waals surface area (Å²) in [4.78, 5) is 3.82. The smallest absolute Gasteiger partial charge is 0.173 e. The third kappa shape index (κ3) is 1.77. The van der Waals surface area contributed by atoms with Gasteiger partial charge in [-0.15, -0.1) is 0 Å². The molecule has 5 heteroatoms. The maximum Gasteiger partial charge on any atom is 0.173 e. The zero-order valence-electron chi connectivity index (χ0n) is 8.53. The summed E-state index contributed by atoms with van der Waals surface area (Å²) >= 11 is 0. The van der Waals surface area contributed by atoms with E-state index in [9.17, 15) is 0 Å². The standard InChI is InChI=1S/C10H15N5/c11-8-10(13)15(6-5-14-8)9(12)7-3-1-2-4-7/h5-7,12-13H,1-4H2,(H2,11,14). The van der Waals surface area contributed by atoms with Gasteiger partial charge in [-0.3, -0.25) is 15.4 Å². The number of nitrogens with two attached hydrogens (primary N) is 1. The highest BCUT2D eigenvalue weighted by Crippen LogP contribution is 2.25. The normalized spacial score (nSPS) is 16.8. The van der Waals surface area contributed by atoms with E-state index in [4.69, 9.17) is 16.6 Å². The zero-order valence-corrected chi connectivity index (χ0v) is 8.53. The van der Waals surface area contributed by atoms with Gasteiger partial charge in [0.15, 0.2) is 11.3 Å². The Morgan fingerprint density at radius 3 is 2.80 bits per heavy atom. The lowest BCUT2D eigenvalue weighted by Crippen LogP contribution is -2.32. The lowest BCUT2D eigenvalue weighted by atomic mass is 10.1. The van der Waals surface area contributed by atoms with Gasteiger partial charge in [0.25, 0.3) is 0 Å². The van der Waals surface area contributed by atoms with Crippen molar-refractivity contribution in [3.63, 3.8) is 0 Å². The van der Waals surface area contributed by atoms with Crippen LogP contribution in [0.3, 0.4) is 0 Å². The molecule has 4 N–H and O–H groups in total. The molecule has 0 aliphatic heterocycles. The van der Waals surface area contributed by atoms with Crippen LogP contribution >= 0.6 is 0 Å². The maximum absolute atomic E-state index is 8.02. The van der Waals surface area contributed by atoms with Gasteiger partial charge >= 0.3 is 0 Å². The van der Waals surface area contributed by atoms with E-state index in [-0.39, 0.29) is 17.2 Å². The lowest BCUT2D eigenvalue weighted by Gasteiger charge is -2.14. The molecular weight excluding hydrogens is 190 g/mol. The molecule has 1 aliphatic carbocycles. The lowest BCUT2D eigenvalue weighted by molar-refractivity contribution is 0.687. The molecule has 1 aromatic rings. The topological polar surface area (TPSA) is 91.5 Å². The molecule has 0 bridgehead atoms. The Morgan fingerprint density at radius 1 is 1.47 bits per heavy atom. The van der Waals surface area contributed by atoms with Crippen LogP contribution in [-0.4, -0.2) is 15.4 Å². The molecule has 0 radical (unpaired) electrons. The minimum absolute atomic E-state index is 0.120. The van der Waals surface area contributed by atoms with Crippen molar-refractivity contribution in [1.29, 1.82) is 10.8 Å². The van der Waals surface area contributed by atoms with Crippen molar-refractivity contribution in [2.75, 3.05) is 5.73 Å². The Balaban J connectivity index is 2.33. The van der Waals surface area contributed by atoms with Gasteiger partial charge in [-0.05, 0) is 12.8 Å². The quantitative estimate of drug-likeness (QED) is 0.470. The predicted octanol–water partition coefficient (Wildman–Crippen LogP) is 0.960. The molecule has 0 saturated heterocycles. The zero-order chi connectivity index (χ0) is 10.8. The Kier molecular flexibility index (Phi) is 2.53. The van der Waals surface area contributed by atoms with Gasteiger partial charge in [0.1, 0.15) is 5.84 Å². The first-order chi connectivity index (χ1) is 7.20. The summed E-state index contributed by atoms with van der Waals surface area (Å²) in [5, 5.41) is 15.7. The monoisotopic (exact) mass is 205 g/mol. The van der Waals surface area contributed by atoms with Crippen molar-refractivity contribution < 1.29 is 0 Å². The van der Waals surface area contributed by atoms with E-state index in [0.717, 1.165) is 12.8 Å². The average Bonchev–Trinajstić information content (AvgIpc) is 2.74. The molecular formula is C10H15N5. The molecule has 15 heavy (non-hydrogen) atoms. The molecule has 1 aromatic heterocycles. The van der Waals surface area contributed by atoms with Crippen LogP contribution in [0.5, 0.6) is 0 Å². The largest absolute Gasteiger partial charge is 0.381 e. The van der Waals surface area contributed by atoms with Gasteiger partial charge < -0.3 is 5.73 Å². The number of aromatic nitrogens is 2. The number of anilines is 1. The number of hydrogen-bond donors (Lipinski definition) is 3. The minimum atomic E-state index is 0.120. The van der Waals surface area contributed by atoms with Crippen molar-refractivity contribution in [2.24, 2.45) is 5.92 Å². The fourth-order valence-electron chi connectivity index (χ4n) is 2.04. The Hall–Kier alpha value is -1.65. The van der Waals surface area contributed by atoms with Crippen molar-refractivity contribution in [2.45, 2.75) is 25.7 Å². The highest BCUT2D eigenvalue weighted by molar-refractivity contribution is 5.84. The van der Waals surface area contributed by atoms with Crippen LogP contribution in [0.2, 0.25) is 0 Å². The van der Waals surface area contributed by atoms with Gasteiger partial charge in [0.05, 0.1) is 0 Å². The van der Waals surface area contributed by atoms with Crippen LogP contribution in [0.1, 0.15) is 25.7 Å². The number of nitrogen functional groups attached to an aromatic ring is 1. The molecule has 0 atom stereocenters. The maximum atomic E-state index is 8.02. The third-order valence-corrected chi connectivity index (χ3v) is 2.91. The first-order valence-electron chi connectivity index (χ1n) is 5.16. The molecule has 1 heterocycles. The second-order valence-corrected chi connectivity index (χ2v) is 3.90. The fourth-order valence-corrected chi connectivity index (χ4v) is 2.04. The van der Waals surface area contributed by atoms with Gasteiger partial charge in [-0.25, -0.2) is 4.98 Å². The van der Waals surface area contributed by atoms with Gasteiger partial charge in [-0.2, -0.15) is 0 Å². The highest BCUT2D eigenvalue weighted by Gasteiger charge is 2.21. The first-order valence-corrected chi connectivity index (χ1v) is 5.16. The second-order valence-electron chi connectivity index (χ2n) is 3.90. The molecule has 0 aromatic carbocycles. The Morgan fingerprint density at radius 2 is 2.13 bits per heavy atom. The minimum Gasteiger partial charge on any atom is -0.381 e. The number of rotatable bonds is 1. The highest BCUT2D eigenvalue weighted by atomic mass is 15.1. The summed E-state index contributed by atoms with van der Waals surface area (Å²) < 4.78 is 1.53. The molecule has 1 aliphatic rings. The van der Waals surface area contributed by atoms with Crippen LogP contribution in [0.25, 0.3) is 0 Å². The number of hydrogen-bond acceptors (Lipinski definition) is 4. The van der Waals surface area contributed by atoms with E-state index in [0.29, 0.717) is 5.84 Å². The first kappa shape index (κ1) is 9.89. The Bertz CT molecular complexity index is 428. The summed E-state index contributed by atoms with van der Waals surface area (Å²) in [5.74, 6) is 0.938. The van der Waals surface area contributed by atoms with Gasteiger partial charge in [-0.1, -0.05) is 12.8 Å². The van der Waals surface area contributed by atoms with Crippen LogP contribution in [0.15, 0.2) is 12.4 Å². The summed E-state index contributed by atoms with van der Waals surface area (Å²) in [6.07, 6.45) is 7.64. The van der Waals surface area contributed by atoms with Crippen LogP contribution in [-0.2, 0) is 0 Å². The van der Waals surface area contributed by atoms with E-state index < -0.39 is 0 Å². The third-order valence-electron chi connectivity index (χ3n) is 2.91. The number of nitrogens with zero attached hydrogens (tertiary/aromatic N) is 2. The van der Waals surface area contributed by atoms with Crippen LogP contribution < -0.4 is 11.2 Å². The predicted molar refractivity (Wildman–Crippen MR) is 57.6 cm³/mol. The Labute approximate surface area is 88.0 Å². The molecule has 0 spiro atoms. The molecule has 1 fully saturated rings. The van der Waals surface area contributed by atoms with Crippen molar-refractivity contribution in [3.8, 4) is 0 Å². The van der Waals surface area contributed by atoms with E-state index in [1.54, 1.807) is 6.20 Å². The van der Waals surface area contributed by atoms with E-state index >= 15 is 0 Å². The summed E-state index contributed by atoms with van der Waals surface area (Å²) in [7, 11) is 0. The SMILES string of the molecule is N=C(C1CCCC1)n1ccnc(N)c1=N. The summed E-state index contributed by atoms with van der Waals surface area (Å²) in [6, 6.07) is 0. The van der Waals surface area contributed by atoms with E-state index in [1.807, 2.05) is 0 Å². The number of nitrogens with one attached hydrogen (secondary N) is 2. The van der Waals surface area contributed by atoms with Gasteiger partial charge in [0, 0.05) is 18.3 Å². The molecule has 80 valence electrons.